The van der Waals surface area contributed by atoms with Crippen LogP contribution in [0.15, 0.2) is 46.9 Å². The minimum absolute atomic E-state index is 0.0727. The zero-order valence-corrected chi connectivity index (χ0v) is 16.6. The van der Waals surface area contributed by atoms with E-state index < -0.39 is 5.97 Å². The summed E-state index contributed by atoms with van der Waals surface area (Å²) in [5.74, 6) is -0.983. The van der Waals surface area contributed by atoms with Gasteiger partial charge in [0.15, 0.2) is 0 Å². The highest BCUT2D eigenvalue weighted by Gasteiger charge is 2.32. The maximum atomic E-state index is 11.3. The van der Waals surface area contributed by atoms with Gasteiger partial charge in [-0.2, -0.15) is 0 Å². The molecule has 6 heteroatoms. The van der Waals surface area contributed by atoms with Crippen molar-refractivity contribution < 1.29 is 9.90 Å². The second-order valence-corrected chi connectivity index (χ2v) is 7.86. The van der Waals surface area contributed by atoms with Crippen molar-refractivity contribution >= 4 is 45.1 Å². The first-order chi connectivity index (χ1) is 12.0. The maximum Gasteiger partial charge on any atom is 0.306 e. The number of carboxylic acid groups (broad SMARTS) is 1. The van der Waals surface area contributed by atoms with E-state index in [2.05, 4.69) is 26.9 Å². The van der Waals surface area contributed by atoms with Crippen LogP contribution >= 0.6 is 39.1 Å². The molecule has 1 saturated heterocycles. The molecule has 2 aromatic rings. The van der Waals surface area contributed by atoms with Gasteiger partial charge in [0.05, 0.1) is 22.0 Å². The number of likely N-dealkylation sites (tertiary alicyclic amines) is 1. The van der Waals surface area contributed by atoms with Crippen LogP contribution in [0.5, 0.6) is 0 Å². The molecule has 1 unspecified atom stereocenters. The lowest BCUT2D eigenvalue weighted by Gasteiger charge is -2.38. The van der Waals surface area contributed by atoms with Crippen molar-refractivity contribution in [1.29, 1.82) is 0 Å². The van der Waals surface area contributed by atoms with Gasteiger partial charge in [-0.05, 0) is 49.2 Å². The number of nitrogens with zero attached hydrogens (tertiary/aromatic N) is 1. The van der Waals surface area contributed by atoms with Crippen LogP contribution in [0.2, 0.25) is 10.0 Å². The van der Waals surface area contributed by atoms with Crippen molar-refractivity contribution in [3.8, 4) is 0 Å². The number of carboxylic acids is 1. The van der Waals surface area contributed by atoms with Gasteiger partial charge >= 0.3 is 5.97 Å². The van der Waals surface area contributed by atoms with Gasteiger partial charge in [-0.3, -0.25) is 9.69 Å². The molecule has 25 heavy (non-hydrogen) atoms. The molecule has 1 heterocycles. The molecule has 0 bridgehead atoms. The van der Waals surface area contributed by atoms with Gasteiger partial charge in [-0.1, -0.05) is 69.5 Å². The molecule has 1 atom stereocenters. The smallest absolute Gasteiger partial charge is 0.306 e. The van der Waals surface area contributed by atoms with Crippen LogP contribution < -0.4 is 0 Å². The van der Waals surface area contributed by atoms with Crippen LogP contribution in [0.4, 0.5) is 0 Å². The fourth-order valence-corrected chi connectivity index (χ4v) is 4.31. The van der Waals surface area contributed by atoms with E-state index in [1.54, 1.807) is 6.07 Å². The van der Waals surface area contributed by atoms with E-state index >= 15 is 0 Å². The topological polar surface area (TPSA) is 40.5 Å². The predicted octanol–water partition coefficient (Wildman–Crippen LogP) is 5.64. The van der Waals surface area contributed by atoms with E-state index in [0.29, 0.717) is 36.0 Å². The number of halogens is 3. The Morgan fingerprint density at radius 1 is 1.08 bits per heavy atom. The largest absolute Gasteiger partial charge is 0.481 e. The molecule has 3 nitrogen and oxygen atoms in total. The first-order valence-electron chi connectivity index (χ1n) is 8.14. The third-order valence-corrected chi connectivity index (χ3v) is 6.28. The minimum Gasteiger partial charge on any atom is -0.481 e. The zero-order chi connectivity index (χ0) is 18.0. The summed E-state index contributed by atoms with van der Waals surface area (Å²) in [4.78, 5) is 13.5. The van der Waals surface area contributed by atoms with Crippen LogP contribution in [0.25, 0.3) is 0 Å². The van der Waals surface area contributed by atoms with Gasteiger partial charge in [0.2, 0.25) is 0 Å². The average Bonchev–Trinajstić information content (AvgIpc) is 2.61. The Labute approximate surface area is 165 Å². The van der Waals surface area contributed by atoms with Gasteiger partial charge in [0, 0.05) is 4.47 Å². The number of rotatable bonds is 4. The molecular formula is C19H18BrCl2NO2. The van der Waals surface area contributed by atoms with Crippen molar-refractivity contribution in [3.05, 3.63) is 68.1 Å². The molecule has 0 saturated carbocycles. The van der Waals surface area contributed by atoms with Crippen LogP contribution in [0.1, 0.15) is 30.0 Å². The van der Waals surface area contributed by atoms with Gasteiger partial charge in [0.1, 0.15) is 0 Å². The Bertz CT molecular complexity index is 776. The number of hydrogen-bond donors (Lipinski definition) is 1. The fraction of sp³-hybridized carbons (Fsp3) is 0.316. The molecule has 0 amide bonds. The summed E-state index contributed by atoms with van der Waals surface area (Å²) in [5.41, 5.74) is 2.04. The summed E-state index contributed by atoms with van der Waals surface area (Å²) in [7, 11) is 0. The molecular weight excluding hydrogens is 425 g/mol. The lowest BCUT2D eigenvalue weighted by atomic mass is 9.91. The molecule has 0 aromatic heterocycles. The van der Waals surface area contributed by atoms with E-state index in [4.69, 9.17) is 23.2 Å². The Kier molecular flexibility index (Phi) is 6.05. The molecule has 0 aliphatic carbocycles. The Morgan fingerprint density at radius 3 is 2.36 bits per heavy atom. The first-order valence-corrected chi connectivity index (χ1v) is 9.69. The van der Waals surface area contributed by atoms with Crippen LogP contribution in [-0.4, -0.2) is 29.1 Å². The Hall–Kier alpha value is -1.07. The van der Waals surface area contributed by atoms with E-state index in [1.807, 2.05) is 30.3 Å². The predicted molar refractivity (Wildman–Crippen MR) is 104 cm³/mol. The standard InChI is InChI=1S/C19H18BrCl2NO2/c20-15-6-2-1-4-13(15)18(14-5-3-7-16(21)17(14)22)23-10-8-12(9-11-23)19(24)25/h1-7,12,18H,8-11H2,(H,24,25). The summed E-state index contributed by atoms with van der Waals surface area (Å²) in [6, 6.07) is 13.6. The molecule has 3 rings (SSSR count). The number of piperidine rings is 1. The van der Waals surface area contributed by atoms with Gasteiger partial charge < -0.3 is 5.11 Å². The SMILES string of the molecule is O=C(O)C1CCN(C(c2ccccc2Br)c2cccc(Cl)c2Cl)CC1. The van der Waals surface area contributed by atoms with Gasteiger partial charge in [0.25, 0.3) is 0 Å². The summed E-state index contributed by atoms with van der Waals surface area (Å²) in [6.45, 7) is 1.40. The van der Waals surface area contributed by atoms with Crippen molar-refractivity contribution in [2.45, 2.75) is 18.9 Å². The minimum atomic E-state index is -0.710. The van der Waals surface area contributed by atoms with Crippen molar-refractivity contribution in [3.63, 3.8) is 0 Å². The molecule has 1 aliphatic rings. The summed E-state index contributed by atoms with van der Waals surface area (Å²) >= 11 is 16.4. The van der Waals surface area contributed by atoms with E-state index in [1.165, 1.54) is 0 Å². The fourth-order valence-electron chi connectivity index (χ4n) is 3.39. The zero-order valence-electron chi connectivity index (χ0n) is 13.5. The Balaban J connectivity index is 2.00. The number of hydrogen-bond acceptors (Lipinski definition) is 2. The molecule has 1 fully saturated rings. The van der Waals surface area contributed by atoms with Crippen LogP contribution in [0.3, 0.4) is 0 Å². The third kappa shape index (κ3) is 4.03. The quantitative estimate of drug-likeness (QED) is 0.665. The number of carbonyl (C=O) groups is 1. The molecule has 2 aromatic carbocycles. The highest BCUT2D eigenvalue weighted by atomic mass is 79.9. The lowest BCUT2D eigenvalue weighted by Crippen LogP contribution is -2.39. The molecule has 0 spiro atoms. The van der Waals surface area contributed by atoms with Crippen molar-refractivity contribution in [1.82, 2.24) is 4.90 Å². The summed E-state index contributed by atoms with van der Waals surface area (Å²) < 4.78 is 0.997. The second-order valence-electron chi connectivity index (χ2n) is 6.22. The van der Waals surface area contributed by atoms with E-state index in [-0.39, 0.29) is 12.0 Å². The summed E-state index contributed by atoms with van der Waals surface area (Å²) in [5, 5.41) is 10.3. The maximum absolute atomic E-state index is 11.3. The normalized spacial score (nSPS) is 17.4. The highest BCUT2D eigenvalue weighted by molar-refractivity contribution is 9.10. The van der Waals surface area contributed by atoms with Gasteiger partial charge in [-0.15, -0.1) is 0 Å². The molecule has 0 radical (unpaired) electrons. The highest BCUT2D eigenvalue weighted by Crippen LogP contribution is 2.40. The van der Waals surface area contributed by atoms with Crippen LogP contribution in [0, 0.1) is 5.92 Å². The van der Waals surface area contributed by atoms with E-state index in [0.717, 1.165) is 15.6 Å². The average molecular weight is 443 g/mol. The van der Waals surface area contributed by atoms with Gasteiger partial charge in [-0.25, -0.2) is 0 Å². The number of aliphatic carboxylic acids is 1. The van der Waals surface area contributed by atoms with Crippen molar-refractivity contribution in [2.75, 3.05) is 13.1 Å². The molecule has 132 valence electrons. The second kappa shape index (κ2) is 8.09. The Morgan fingerprint density at radius 2 is 1.72 bits per heavy atom. The first kappa shape index (κ1) is 18.7. The van der Waals surface area contributed by atoms with Crippen LogP contribution in [-0.2, 0) is 4.79 Å². The summed E-state index contributed by atoms with van der Waals surface area (Å²) in [6.07, 6.45) is 1.27. The number of benzene rings is 2. The molecule has 1 N–H and O–H groups in total. The third-order valence-electron chi connectivity index (χ3n) is 4.72. The lowest BCUT2D eigenvalue weighted by molar-refractivity contribution is -0.143. The molecule has 1 aliphatic heterocycles. The van der Waals surface area contributed by atoms with Crippen molar-refractivity contribution in [2.24, 2.45) is 5.92 Å². The van der Waals surface area contributed by atoms with E-state index in [9.17, 15) is 9.90 Å². The monoisotopic (exact) mass is 441 g/mol.